The second kappa shape index (κ2) is 8.59. The van der Waals surface area contributed by atoms with Crippen molar-refractivity contribution in [3.63, 3.8) is 0 Å². The number of nitrogens with zero attached hydrogens (tertiary/aromatic N) is 1. The van der Waals surface area contributed by atoms with E-state index in [1.165, 1.54) is 0 Å². The van der Waals surface area contributed by atoms with Crippen LogP contribution in [0.25, 0.3) is 22.1 Å². The zero-order valence-corrected chi connectivity index (χ0v) is 15.9. The summed E-state index contributed by atoms with van der Waals surface area (Å²) >= 11 is 0. The molecule has 28 heavy (non-hydrogen) atoms. The van der Waals surface area contributed by atoms with Crippen molar-refractivity contribution in [3.8, 4) is 11.1 Å². The molecule has 1 amide bonds. The zero-order chi connectivity index (χ0) is 19.3. The third-order valence-corrected chi connectivity index (χ3v) is 5.49. The van der Waals surface area contributed by atoms with Crippen LogP contribution in [0.2, 0.25) is 0 Å². The number of aliphatic hydroxyl groups excluding tert-OH is 1. The quantitative estimate of drug-likeness (QED) is 0.689. The lowest BCUT2D eigenvalue weighted by Gasteiger charge is -2.31. The Morgan fingerprint density at radius 3 is 2.96 bits per heavy atom. The molecule has 5 nitrogen and oxygen atoms in total. The second-order valence-electron chi connectivity index (χ2n) is 7.50. The molecule has 5 heteroatoms. The lowest BCUT2D eigenvalue weighted by atomic mass is 9.99. The van der Waals surface area contributed by atoms with Crippen molar-refractivity contribution in [3.05, 3.63) is 60.4 Å². The first kappa shape index (κ1) is 18.7. The summed E-state index contributed by atoms with van der Waals surface area (Å²) in [5.41, 5.74) is 3.60. The second-order valence-corrected chi connectivity index (χ2v) is 7.50. The van der Waals surface area contributed by atoms with Crippen molar-refractivity contribution in [2.75, 3.05) is 32.8 Å². The van der Waals surface area contributed by atoms with Crippen LogP contribution in [0, 0.1) is 5.92 Å². The van der Waals surface area contributed by atoms with Crippen LogP contribution in [0.3, 0.4) is 0 Å². The average molecular weight is 378 g/mol. The molecule has 2 heterocycles. The minimum Gasteiger partial charge on any atom is -0.464 e. The van der Waals surface area contributed by atoms with Gasteiger partial charge in [0.25, 0.3) is 5.91 Å². The van der Waals surface area contributed by atoms with Gasteiger partial charge < -0.3 is 19.7 Å². The summed E-state index contributed by atoms with van der Waals surface area (Å²) < 4.78 is 5.40. The van der Waals surface area contributed by atoms with Gasteiger partial charge in [-0.2, -0.15) is 0 Å². The fourth-order valence-electron chi connectivity index (χ4n) is 3.92. The number of likely N-dealkylation sites (tertiary alicyclic amines) is 1. The van der Waals surface area contributed by atoms with Gasteiger partial charge >= 0.3 is 0 Å². The van der Waals surface area contributed by atoms with Gasteiger partial charge in [-0.3, -0.25) is 4.79 Å². The van der Waals surface area contributed by atoms with Crippen LogP contribution in [0.15, 0.2) is 59.2 Å². The molecule has 0 aliphatic carbocycles. The van der Waals surface area contributed by atoms with Crippen LogP contribution in [0.5, 0.6) is 0 Å². The minimum absolute atomic E-state index is 0.0537. The largest absolute Gasteiger partial charge is 0.464 e. The number of amides is 1. The summed E-state index contributed by atoms with van der Waals surface area (Å²) in [7, 11) is 0. The third-order valence-electron chi connectivity index (χ3n) is 5.49. The number of carbonyl (C=O) groups is 1. The molecule has 2 N–H and O–H groups in total. The Morgan fingerprint density at radius 2 is 2.07 bits per heavy atom. The number of nitrogens with one attached hydrogen (secondary N) is 1. The highest BCUT2D eigenvalue weighted by Crippen LogP contribution is 2.25. The van der Waals surface area contributed by atoms with E-state index >= 15 is 0 Å². The summed E-state index contributed by atoms with van der Waals surface area (Å²) in [6, 6.07) is 15.7. The van der Waals surface area contributed by atoms with Gasteiger partial charge in [0.15, 0.2) is 0 Å². The Labute approximate surface area is 165 Å². The molecule has 3 aromatic rings. The number of hydrogen-bond acceptors (Lipinski definition) is 4. The van der Waals surface area contributed by atoms with Gasteiger partial charge in [0.1, 0.15) is 5.58 Å². The third kappa shape index (κ3) is 4.26. The van der Waals surface area contributed by atoms with Gasteiger partial charge in [-0.1, -0.05) is 18.2 Å². The van der Waals surface area contributed by atoms with E-state index in [4.69, 9.17) is 4.42 Å². The number of benzene rings is 2. The fourth-order valence-corrected chi connectivity index (χ4v) is 3.92. The Balaban J connectivity index is 1.37. The van der Waals surface area contributed by atoms with Crippen molar-refractivity contribution in [1.29, 1.82) is 0 Å². The Kier molecular flexibility index (Phi) is 5.74. The number of furan rings is 1. The van der Waals surface area contributed by atoms with E-state index in [0.29, 0.717) is 18.0 Å². The van der Waals surface area contributed by atoms with E-state index in [1.807, 2.05) is 42.5 Å². The van der Waals surface area contributed by atoms with Gasteiger partial charge in [0, 0.05) is 37.2 Å². The Hall–Kier alpha value is -2.63. The monoisotopic (exact) mass is 378 g/mol. The summed E-state index contributed by atoms with van der Waals surface area (Å²) in [5, 5.41) is 13.4. The van der Waals surface area contributed by atoms with E-state index in [-0.39, 0.29) is 12.5 Å². The molecular formula is C23H26N2O3. The molecule has 1 aliphatic rings. The molecule has 0 saturated carbocycles. The molecule has 0 bridgehead atoms. The molecule has 0 spiro atoms. The first-order chi connectivity index (χ1) is 13.7. The minimum atomic E-state index is -0.0537. The van der Waals surface area contributed by atoms with Gasteiger partial charge in [0.2, 0.25) is 0 Å². The Bertz CT molecular complexity index is 950. The number of fused-ring (bicyclic) bond motifs is 1. The molecule has 0 radical (unpaired) electrons. The summed E-state index contributed by atoms with van der Waals surface area (Å²) in [4.78, 5) is 14.9. The molecule has 1 aliphatic heterocycles. The van der Waals surface area contributed by atoms with Crippen molar-refractivity contribution >= 4 is 16.9 Å². The van der Waals surface area contributed by atoms with Crippen LogP contribution in [0.1, 0.15) is 23.2 Å². The van der Waals surface area contributed by atoms with E-state index in [0.717, 1.165) is 54.6 Å². The van der Waals surface area contributed by atoms with Gasteiger partial charge in [0.05, 0.1) is 6.26 Å². The number of carbonyl (C=O) groups excluding carboxylic acids is 1. The van der Waals surface area contributed by atoms with Crippen LogP contribution < -0.4 is 5.32 Å². The molecule has 1 saturated heterocycles. The van der Waals surface area contributed by atoms with Gasteiger partial charge in [-0.25, -0.2) is 0 Å². The molecule has 146 valence electrons. The van der Waals surface area contributed by atoms with Crippen LogP contribution in [0.4, 0.5) is 0 Å². The summed E-state index contributed by atoms with van der Waals surface area (Å²) in [5.74, 6) is 0.315. The maximum Gasteiger partial charge on any atom is 0.251 e. The first-order valence-corrected chi connectivity index (χ1v) is 9.92. The predicted octanol–water partition coefficient (Wildman–Crippen LogP) is 3.53. The van der Waals surface area contributed by atoms with Crippen molar-refractivity contribution in [2.45, 2.75) is 12.8 Å². The van der Waals surface area contributed by atoms with Gasteiger partial charge in [-0.15, -0.1) is 0 Å². The number of piperidine rings is 1. The summed E-state index contributed by atoms with van der Waals surface area (Å²) in [6.45, 7) is 3.64. The maximum absolute atomic E-state index is 12.6. The number of aliphatic hydroxyl groups is 1. The topological polar surface area (TPSA) is 65.7 Å². The predicted molar refractivity (Wildman–Crippen MR) is 110 cm³/mol. The SMILES string of the molecule is O=C(NCCN1CCCC(CO)C1)c1cccc(-c2ccc3occc3c2)c1. The zero-order valence-electron chi connectivity index (χ0n) is 15.9. The van der Waals surface area contributed by atoms with Crippen molar-refractivity contribution < 1.29 is 14.3 Å². The van der Waals surface area contributed by atoms with Crippen LogP contribution in [-0.4, -0.2) is 48.7 Å². The summed E-state index contributed by atoms with van der Waals surface area (Å²) in [6.07, 6.45) is 3.89. The van der Waals surface area contributed by atoms with Crippen molar-refractivity contribution in [1.82, 2.24) is 10.2 Å². The smallest absolute Gasteiger partial charge is 0.251 e. The lowest BCUT2D eigenvalue weighted by Crippen LogP contribution is -2.41. The average Bonchev–Trinajstić information content (AvgIpc) is 3.22. The normalized spacial score (nSPS) is 17.7. The van der Waals surface area contributed by atoms with Crippen LogP contribution in [-0.2, 0) is 0 Å². The van der Waals surface area contributed by atoms with E-state index < -0.39 is 0 Å². The first-order valence-electron chi connectivity index (χ1n) is 9.92. The fraction of sp³-hybridized carbons (Fsp3) is 0.348. The highest BCUT2D eigenvalue weighted by molar-refractivity contribution is 5.95. The number of rotatable bonds is 6. The molecule has 1 atom stereocenters. The highest BCUT2D eigenvalue weighted by atomic mass is 16.3. The molecular weight excluding hydrogens is 352 g/mol. The molecule has 1 aromatic heterocycles. The number of hydrogen-bond donors (Lipinski definition) is 2. The van der Waals surface area contributed by atoms with E-state index in [9.17, 15) is 9.90 Å². The highest BCUT2D eigenvalue weighted by Gasteiger charge is 2.18. The van der Waals surface area contributed by atoms with Crippen molar-refractivity contribution in [2.24, 2.45) is 5.92 Å². The van der Waals surface area contributed by atoms with Gasteiger partial charge in [-0.05, 0) is 66.8 Å². The molecule has 1 unspecified atom stereocenters. The van der Waals surface area contributed by atoms with Crippen LogP contribution >= 0.6 is 0 Å². The maximum atomic E-state index is 12.6. The molecule has 2 aromatic carbocycles. The lowest BCUT2D eigenvalue weighted by molar-refractivity contribution is 0.0930. The Morgan fingerprint density at radius 1 is 1.18 bits per heavy atom. The van der Waals surface area contributed by atoms with E-state index in [2.05, 4.69) is 16.3 Å². The molecule has 4 rings (SSSR count). The molecule has 1 fully saturated rings. The standard InChI is InChI=1S/C23H26N2O3/c26-16-17-3-2-10-25(15-17)11-9-24-23(27)21-5-1-4-18(14-21)19-6-7-22-20(13-19)8-12-28-22/h1,4-8,12-14,17,26H,2-3,9-11,15-16H2,(H,24,27). The van der Waals surface area contributed by atoms with E-state index in [1.54, 1.807) is 6.26 Å².